The van der Waals surface area contributed by atoms with E-state index in [-0.39, 0.29) is 5.78 Å². The van der Waals surface area contributed by atoms with Gasteiger partial charge in [-0.25, -0.2) is 8.78 Å². The lowest BCUT2D eigenvalue weighted by Gasteiger charge is -2.07. The van der Waals surface area contributed by atoms with Gasteiger partial charge in [0.2, 0.25) is 0 Å². The summed E-state index contributed by atoms with van der Waals surface area (Å²) < 4.78 is 26.8. The van der Waals surface area contributed by atoms with Gasteiger partial charge in [-0.1, -0.05) is 27.7 Å². The van der Waals surface area contributed by atoms with Crippen molar-refractivity contribution in [1.82, 2.24) is 0 Å². The largest absolute Gasteiger partial charge is 0.294 e. The molecule has 0 bridgehead atoms. The Labute approximate surface area is 122 Å². The molecule has 0 radical (unpaired) electrons. The number of halogens is 3. The SMILES string of the molecule is CC(=O)c1cc(Br)ccc1Sc1ccc(F)c(F)c1. The molecule has 2 rings (SSSR count). The smallest absolute Gasteiger partial charge is 0.160 e. The topological polar surface area (TPSA) is 17.1 Å². The van der Waals surface area contributed by atoms with E-state index in [0.717, 1.165) is 16.6 Å². The van der Waals surface area contributed by atoms with Crippen molar-refractivity contribution < 1.29 is 13.6 Å². The molecule has 0 saturated heterocycles. The first kappa shape index (κ1) is 14.2. The number of Topliss-reactive ketones (excluding diaryl/α,β-unsaturated/α-hetero) is 1. The van der Waals surface area contributed by atoms with Gasteiger partial charge in [-0.3, -0.25) is 4.79 Å². The monoisotopic (exact) mass is 342 g/mol. The van der Waals surface area contributed by atoms with Crippen molar-refractivity contribution in [3.8, 4) is 0 Å². The second kappa shape index (κ2) is 5.84. The Morgan fingerprint density at radius 2 is 1.84 bits per heavy atom. The molecule has 0 aliphatic carbocycles. The highest BCUT2D eigenvalue weighted by Crippen LogP contribution is 2.33. The summed E-state index contributed by atoms with van der Waals surface area (Å²) in [5, 5.41) is 0. The van der Waals surface area contributed by atoms with Crippen LogP contribution in [0.5, 0.6) is 0 Å². The molecule has 2 aromatic carbocycles. The Kier molecular flexibility index (Phi) is 4.37. The minimum absolute atomic E-state index is 0.0774. The predicted octanol–water partition coefficient (Wildman–Crippen LogP) is 5.08. The molecule has 2 aromatic rings. The van der Waals surface area contributed by atoms with E-state index in [1.807, 2.05) is 0 Å². The van der Waals surface area contributed by atoms with E-state index in [1.54, 1.807) is 18.2 Å². The van der Waals surface area contributed by atoms with Crippen molar-refractivity contribution in [2.45, 2.75) is 16.7 Å². The number of hydrogen-bond donors (Lipinski definition) is 0. The highest BCUT2D eigenvalue weighted by atomic mass is 79.9. The first-order valence-corrected chi connectivity index (χ1v) is 7.01. The molecule has 0 atom stereocenters. The molecule has 0 heterocycles. The van der Waals surface area contributed by atoms with Gasteiger partial charge in [0.05, 0.1) is 0 Å². The molecule has 0 amide bonds. The number of ketones is 1. The minimum Gasteiger partial charge on any atom is -0.294 e. The summed E-state index contributed by atoms with van der Waals surface area (Å²) in [5.74, 6) is -1.86. The lowest BCUT2D eigenvalue weighted by molar-refractivity contribution is 0.101. The van der Waals surface area contributed by atoms with Crippen LogP contribution in [0.2, 0.25) is 0 Å². The zero-order valence-corrected chi connectivity index (χ0v) is 12.3. The highest BCUT2D eigenvalue weighted by molar-refractivity contribution is 9.10. The molecule has 1 nitrogen and oxygen atoms in total. The summed E-state index contributed by atoms with van der Waals surface area (Å²) in [6.45, 7) is 1.47. The maximum Gasteiger partial charge on any atom is 0.160 e. The first-order valence-electron chi connectivity index (χ1n) is 5.41. The number of hydrogen-bond acceptors (Lipinski definition) is 2. The summed E-state index contributed by atoms with van der Waals surface area (Å²) in [4.78, 5) is 12.8. The normalized spacial score (nSPS) is 10.5. The lowest BCUT2D eigenvalue weighted by atomic mass is 10.1. The van der Waals surface area contributed by atoms with Gasteiger partial charge in [-0.15, -0.1) is 0 Å². The zero-order chi connectivity index (χ0) is 14.0. The molecule has 0 spiro atoms. The zero-order valence-electron chi connectivity index (χ0n) is 9.91. The van der Waals surface area contributed by atoms with Crippen molar-refractivity contribution in [3.05, 3.63) is 58.1 Å². The average molecular weight is 343 g/mol. The van der Waals surface area contributed by atoms with Crippen LogP contribution in [0.25, 0.3) is 0 Å². The van der Waals surface area contributed by atoms with Crippen molar-refractivity contribution in [2.75, 3.05) is 0 Å². The highest BCUT2D eigenvalue weighted by Gasteiger charge is 2.11. The van der Waals surface area contributed by atoms with E-state index >= 15 is 0 Å². The quantitative estimate of drug-likeness (QED) is 0.723. The van der Waals surface area contributed by atoms with Crippen LogP contribution in [0.4, 0.5) is 8.78 Å². The van der Waals surface area contributed by atoms with Crippen molar-refractivity contribution in [2.24, 2.45) is 0 Å². The molecule has 0 aliphatic heterocycles. The van der Waals surface area contributed by atoms with Gasteiger partial charge in [0.25, 0.3) is 0 Å². The van der Waals surface area contributed by atoms with Crippen LogP contribution in [-0.4, -0.2) is 5.78 Å². The van der Waals surface area contributed by atoms with Crippen molar-refractivity contribution in [3.63, 3.8) is 0 Å². The summed E-state index contributed by atoms with van der Waals surface area (Å²) in [6.07, 6.45) is 0. The van der Waals surface area contributed by atoms with E-state index in [2.05, 4.69) is 15.9 Å². The van der Waals surface area contributed by atoms with Crippen LogP contribution in [0.3, 0.4) is 0 Å². The van der Waals surface area contributed by atoms with Crippen LogP contribution in [0.15, 0.2) is 50.7 Å². The number of rotatable bonds is 3. The molecular weight excluding hydrogens is 334 g/mol. The van der Waals surface area contributed by atoms with Gasteiger partial charge < -0.3 is 0 Å². The first-order chi connectivity index (χ1) is 8.97. The Hall–Kier alpha value is -1.20. The van der Waals surface area contributed by atoms with E-state index in [4.69, 9.17) is 0 Å². The Bertz CT molecular complexity index is 643. The van der Waals surface area contributed by atoms with E-state index < -0.39 is 11.6 Å². The summed E-state index contributed by atoms with van der Waals surface area (Å²) in [5.41, 5.74) is 0.545. The van der Waals surface area contributed by atoms with E-state index in [0.29, 0.717) is 15.4 Å². The Morgan fingerprint density at radius 1 is 1.11 bits per heavy atom. The Balaban J connectivity index is 2.37. The summed E-state index contributed by atoms with van der Waals surface area (Å²) in [6, 6.07) is 8.96. The van der Waals surface area contributed by atoms with E-state index in [1.165, 1.54) is 24.8 Å². The maximum absolute atomic E-state index is 13.1. The fourth-order valence-electron chi connectivity index (χ4n) is 1.53. The van der Waals surface area contributed by atoms with Gasteiger partial charge in [0.15, 0.2) is 17.4 Å². The molecule has 0 aromatic heterocycles. The van der Waals surface area contributed by atoms with Crippen LogP contribution in [-0.2, 0) is 0 Å². The number of carbonyl (C=O) groups is 1. The van der Waals surface area contributed by atoms with Crippen LogP contribution < -0.4 is 0 Å². The fourth-order valence-corrected chi connectivity index (χ4v) is 2.90. The van der Waals surface area contributed by atoms with Gasteiger partial charge in [0, 0.05) is 19.8 Å². The maximum atomic E-state index is 13.1. The van der Waals surface area contributed by atoms with Crippen LogP contribution in [0, 0.1) is 11.6 Å². The average Bonchev–Trinajstić information content (AvgIpc) is 2.36. The molecule has 0 aliphatic rings. The molecular formula is C14H9BrF2OS. The van der Waals surface area contributed by atoms with Crippen LogP contribution >= 0.6 is 27.7 Å². The molecule has 0 fully saturated rings. The molecule has 0 N–H and O–H groups in total. The van der Waals surface area contributed by atoms with Gasteiger partial charge >= 0.3 is 0 Å². The standard InChI is InChI=1S/C14H9BrF2OS/c1-8(18)11-6-9(15)2-5-14(11)19-10-3-4-12(16)13(17)7-10/h2-7H,1H3. The van der Waals surface area contributed by atoms with Gasteiger partial charge in [-0.05, 0) is 43.3 Å². The second-order valence-electron chi connectivity index (χ2n) is 3.87. The number of benzene rings is 2. The van der Waals surface area contributed by atoms with Gasteiger partial charge in [0.1, 0.15) is 0 Å². The summed E-state index contributed by atoms with van der Waals surface area (Å²) in [7, 11) is 0. The fraction of sp³-hybridized carbons (Fsp3) is 0.0714. The minimum atomic E-state index is -0.897. The molecule has 98 valence electrons. The lowest BCUT2D eigenvalue weighted by Crippen LogP contribution is -1.95. The summed E-state index contributed by atoms with van der Waals surface area (Å²) >= 11 is 4.53. The van der Waals surface area contributed by atoms with Crippen molar-refractivity contribution >= 4 is 33.5 Å². The third-order valence-electron chi connectivity index (χ3n) is 2.44. The Morgan fingerprint density at radius 3 is 2.47 bits per heavy atom. The molecule has 19 heavy (non-hydrogen) atoms. The third-order valence-corrected chi connectivity index (χ3v) is 4.00. The van der Waals surface area contributed by atoms with Crippen LogP contribution in [0.1, 0.15) is 17.3 Å². The van der Waals surface area contributed by atoms with Crippen molar-refractivity contribution in [1.29, 1.82) is 0 Å². The predicted molar refractivity (Wildman–Crippen MR) is 74.6 cm³/mol. The molecule has 5 heteroatoms. The van der Waals surface area contributed by atoms with Gasteiger partial charge in [-0.2, -0.15) is 0 Å². The third kappa shape index (κ3) is 3.42. The second-order valence-corrected chi connectivity index (χ2v) is 5.91. The number of carbonyl (C=O) groups excluding carboxylic acids is 1. The van der Waals surface area contributed by atoms with E-state index in [9.17, 15) is 13.6 Å². The molecule has 0 unspecified atom stereocenters. The molecule has 0 saturated carbocycles.